The van der Waals surface area contributed by atoms with Gasteiger partial charge < -0.3 is 15.2 Å². The summed E-state index contributed by atoms with van der Waals surface area (Å²) in [4.78, 5) is 11.7. The van der Waals surface area contributed by atoms with Crippen LogP contribution in [0.3, 0.4) is 0 Å². The fraction of sp³-hybridized carbons (Fsp3) is 0.706. The monoisotopic (exact) mass is 293 g/mol. The first-order chi connectivity index (χ1) is 10.1. The molecule has 1 heterocycles. The molecular formula is C17H31N3O. The summed E-state index contributed by atoms with van der Waals surface area (Å²) in [5, 5.41) is 6.52. The van der Waals surface area contributed by atoms with Crippen molar-refractivity contribution in [3.8, 4) is 0 Å². The molecule has 0 aliphatic carbocycles. The van der Waals surface area contributed by atoms with Crippen LogP contribution in [-0.4, -0.2) is 23.1 Å². The van der Waals surface area contributed by atoms with Crippen molar-refractivity contribution >= 4 is 5.91 Å². The van der Waals surface area contributed by atoms with Gasteiger partial charge in [-0.25, -0.2) is 0 Å². The van der Waals surface area contributed by atoms with Gasteiger partial charge in [-0.1, -0.05) is 20.3 Å². The summed E-state index contributed by atoms with van der Waals surface area (Å²) in [6, 6.07) is 2.81. The molecule has 0 spiro atoms. The maximum Gasteiger partial charge on any atom is 0.221 e. The average molecular weight is 293 g/mol. The van der Waals surface area contributed by atoms with E-state index < -0.39 is 0 Å². The van der Waals surface area contributed by atoms with E-state index in [2.05, 4.69) is 47.5 Å². The molecule has 0 fully saturated rings. The predicted molar refractivity (Wildman–Crippen MR) is 88.3 cm³/mol. The zero-order chi connectivity index (χ0) is 15.7. The summed E-state index contributed by atoms with van der Waals surface area (Å²) in [6.45, 7) is 10.2. The summed E-state index contributed by atoms with van der Waals surface area (Å²) in [5.74, 6) is 0.120. The quantitative estimate of drug-likeness (QED) is 0.695. The topological polar surface area (TPSA) is 46.1 Å². The van der Waals surface area contributed by atoms with Gasteiger partial charge in [0, 0.05) is 37.4 Å². The third-order valence-corrected chi connectivity index (χ3v) is 3.44. The molecule has 4 nitrogen and oxygen atoms in total. The first-order valence-electron chi connectivity index (χ1n) is 8.25. The Kier molecular flexibility index (Phi) is 8.13. The van der Waals surface area contributed by atoms with Gasteiger partial charge in [0.05, 0.1) is 0 Å². The van der Waals surface area contributed by atoms with Crippen molar-refractivity contribution in [2.45, 2.75) is 72.0 Å². The highest BCUT2D eigenvalue weighted by atomic mass is 16.1. The Morgan fingerprint density at radius 1 is 1.29 bits per heavy atom. The Morgan fingerprint density at radius 3 is 2.67 bits per heavy atom. The second-order valence-electron chi connectivity index (χ2n) is 5.95. The van der Waals surface area contributed by atoms with Crippen LogP contribution >= 0.6 is 0 Å². The first kappa shape index (κ1) is 17.8. The largest absolute Gasteiger partial charge is 0.354 e. The van der Waals surface area contributed by atoms with Gasteiger partial charge in [0.15, 0.2) is 0 Å². The van der Waals surface area contributed by atoms with E-state index in [1.807, 2.05) is 13.8 Å². The smallest absolute Gasteiger partial charge is 0.221 e. The van der Waals surface area contributed by atoms with Crippen LogP contribution in [0.1, 0.15) is 65.0 Å². The van der Waals surface area contributed by atoms with Crippen LogP contribution < -0.4 is 10.6 Å². The number of nitrogens with zero attached hydrogens (tertiary/aromatic N) is 1. The molecule has 120 valence electrons. The number of rotatable bonds is 10. The molecule has 1 unspecified atom stereocenters. The lowest BCUT2D eigenvalue weighted by atomic mass is 10.1. The van der Waals surface area contributed by atoms with E-state index in [9.17, 15) is 4.79 Å². The molecule has 0 aliphatic rings. The fourth-order valence-electron chi connectivity index (χ4n) is 2.42. The molecule has 0 saturated heterocycles. The van der Waals surface area contributed by atoms with Gasteiger partial charge in [-0.3, -0.25) is 4.79 Å². The van der Waals surface area contributed by atoms with Crippen LogP contribution in [0.15, 0.2) is 18.5 Å². The molecule has 4 heteroatoms. The second kappa shape index (κ2) is 9.61. The number of carbonyl (C=O) groups is 1. The standard InChI is InChI=1S/C17H31N3O/c1-5-7-16(18-10-6-2)15-8-11-20(13-15)12-9-17(21)19-14(3)4/h8,11,13-14,16,18H,5-7,9-10,12H2,1-4H3,(H,19,21). The molecular weight excluding hydrogens is 262 g/mol. The minimum atomic E-state index is 0.120. The van der Waals surface area contributed by atoms with Gasteiger partial charge in [0.1, 0.15) is 0 Å². The Bertz CT molecular complexity index is 412. The highest BCUT2D eigenvalue weighted by Crippen LogP contribution is 2.19. The fourth-order valence-corrected chi connectivity index (χ4v) is 2.42. The molecule has 1 rings (SSSR count). The highest BCUT2D eigenvalue weighted by molar-refractivity contribution is 5.76. The van der Waals surface area contributed by atoms with Crippen molar-refractivity contribution in [2.24, 2.45) is 0 Å². The van der Waals surface area contributed by atoms with E-state index in [1.54, 1.807) is 0 Å². The summed E-state index contributed by atoms with van der Waals surface area (Å²) >= 11 is 0. The Morgan fingerprint density at radius 2 is 2.05 bits per heavy atom. The molecule has 1 amide bonds. The van der Waals surface area contributed by atoms with Crippen molar-refractivity contribution < 1.29 is 4.79 Å². The zero-order valence-electron chi connectivity index (χ0n) is 14.0. The van der Waals surface area contributed by atoms with Crippen molar-refractivity contribution in [1.29, 1.82) is 0 Å². The summed E-state index contributed by atoms with van der Waals surface area (Å²) in [5.41, 5.74) is 1.33. The van der Waals surface area contributed by atoms with E-state index >= 15 is 0 Å². The number of carbonyl (C=O) groups excluding carboxylic acids is 1. The van der Waals surface area contributed by atoms with Crippen LogP contribution in [0.4, 0.5) is 0 Å². The number of aromatic nitrogens is 1. The molecule has 1 atom stereocenters. The second-order valence-corrected chi connectivity index (χ2v) is 5.95. The average Bonchev–Trinajstić information content (AvgIpc) is 2.89. The van der Waals surface area contributed by atoms with E-state index in [1.165, 1.54) is 12.0 Å². The van der Waals surface area contributed by atoms with E-state index in [-0.39, 0.29) is 11.9 Å². The van der Waals surface area contributed by atoms with Gasteiger partial charge >= 0.3 is 0 Å². The van der Waals surface area contributed by atoms with Crippen molar-refractivity contribution in [1.82, 2.24) is 15.2 Å². The molecule has 1 aromatic rings. The third-order valence-electron chi connectivity index (χ3n) is 3.44. The lowest BCUT2D eigenvalue weighted by Crippen LogP contribution is -2.30. The minimum absolute atomic E-state index is 0.120. The van der Waals surface area contributed by atoms with Gasteiger partial charge in [0.25, 0.3) is 0 Å². The number of aryl methyl sites for hydroxylation is 1. The van der Waals surface area contributed by atoms with Gasteiger partial charge in [-0.15, -0.1) is 0 Å². The minimum Gasteiger partial charge on any atom is -0.354 e. The van der Waals surface area contributed by atoms with Gasteiger partial charge in [-0.05, 0) is 44.9 Å². The number of nitrogens with one attached hydrogen (secondary N) is 2. The Hall–Kier alpha value is -1.29. The van der Waals surface area contributed by atoms with Crippen molar-refractivity contribution in [2.75, 3.05) is 6.54 Å². The van der Waals surface area contributed by atoms with Crippen LogP contribution in [0, 0.1) is 0 Å². The Balaban J connectivity index is 2.52. The molecule has 0 bridgehead atoms. The molecule has 0 radical (unpaired) electrons. The van der Waals surface area contributed by atoms with E-state index in [4.69, 9.17) is 0 Å². The molecule has 0 aliphatic heterocycles. The van der Waals surface area contributed by atoms with Crippen LogP contribution in [-0.2, 0) is 11.3 Å². The van der Waals surface area contributed by atoms with Crippen LogP contribution in [0.2, 0.25) is 0 Å². The third kappa shape index (κ3) is 6.80. The van der Waals surface area contributed by atoms with E-state index in [0.29, 0.717) is 12.5 Å². The van der Waals surface area contributed by atoms with Gasteiger partial charge in [-0.2, -0.15) is 0 Å². The Labute approximate surface area is 129 Å². The van der Waals surface area contributed by atoms with Gasteiger partial charge in [0.2, 0.25) is 5.91 Å². The normalized spacial score (nSPS) is 12.6. The van der Waals surface area contributed by atoms with Crippen LogP contribution in [0.5, 0.6) is 0 Å². The molecule has 2 N–H and O–H groups in total. The predicted octanol–water partition coefficient (Wildman–Crippen LogP) is 3.24. The maximum atomic E-state index is 11.7. The summed E-state index contributed by atoms with van der Waals surface area (Å²) < 4.78 is 2.12. The SMILES string of the molecule is CCCNC(CCC)c1ccn(CCC(=O)NC(C)C)c1. The van der Waals surface area contributed by atoms with E-state index in [0.717, 1.165) is 25.9 Å². The molecule has 0 aromatic carbocycles. The highest BCUT2D eigenvalue weighted by Gasteiger charge is 2.11. The molecule has 21 heavy (non-hydrogen) atoms. The first-order valence-corrected chi connectivity index (χ1v) is 8.25. The zero-order valence-corrected chi connectivity index (χ0v) is 14.0. The number of amides is 1. The van der Waals surface area contributed by atoms with Crippen LogP contribution in [0.25, 0.3) is 0 Å². The molecule has 1 aromatic heterocycles. The lowest BCUT2D eigenvalue weighted by molar-refractivity contribution is -0.121. The summed E-state index contributed by atoms with van der Waals surface area (Å²) in [7, 11) is 0. The maximum absolute atomic E-state index is 11.7. The lowest BCUT2D eigenvalue weighted by Gasteiger charge is -2.16. The molecule has 0 saturated carbocycles. The van der Waals surface area contributed by atoms with Crippen molar-refractivity contribution in [3.63, 3.8) is 0 Å². The summed E-state index contributed by atoms with van der Waals surface area (Å²) in [6.07, 6.45) is 8.25. The van der Waals surface area contributed by atoms with Crippen molar-refractivity contribution in [3.05, 3.63) is 24.0 Å². The number of hydrogen-bond donors (Lipinski definition) is 2. The number of hydrogen-bond acceptors (Lipinski definition) is 2.